The quantitative estimate of drug-likeness (QED) is 0.669. The fraction of sp³-hybridized carbons (Fsp3) is 0.533. The number of ether oxygens (including phenoxy) is 1. The van der Waals surface area contributed by atoms with Crippen molar-refractivity contribution in [3.8, 4) is 17.6 Å². The van der Waals surface area contributed by atoms with E-state index in [0.29, 0.717) is 12.6 Å². The van der Waals surface area contributed by atoms with E-state index in [-0.39, 0.29) is 24.8 Å². The highest BCUT2D eigenvalue weighted by Gasteiger charge is 2.16. The average Bonchev–Trinajstić information content (AvgIpc) is 2.33. The van der Waals surface area contributed by atoms with Gasteiger partial charge in [0, 0.05) is 24.2 Å². The van der Waals surface area contributed by atoms with Crippen LogP contribution >= 0.6 is 24.8 Å². The van der Waals surface area contributed by atoms with E-state index in [4.69, 9.17) is 4.74 Å². The van der Waals surface area contributed by atoms with Gasteiger partial charge >= 0.3 is 0 Å². The molecule has 0 radical (unpaired) electrons. The summed E-state index contributed by atoms with van der Waals surface area (Å²) in [5.41, 5.74) is 0.935. The highest BCUT2D eigenvalue weighted by atomic mass is 35.5. The summed E-state index contributed by atoms with van der Waals surface area (Å²) in [5, 5.41) is 3.31. The summed E-state index contributed by atoms with van der Waals surface area (Å²) in [6.45, 7) is 4.00. The lowest BCUT2D eigenvalue weighted by Gasteiger charge is -2.27. The van der Waals surface area contributed by atoms with Crippen LogP contribution in [0.2, 0.25) is 0 Å². The minimum Gasteiger partial charge on any atom is -0.490 e. The molecule has 0 aliphatic carbocycles. The predicted molar refractivity (Wildman–Crippen MR) is 87.0 cm³/mol. The first-order chi connectivity index (χ1) is 8.88. The van der Waals surface area contributed by atoms with E-state index >= 15 is 0 Å². The van der Waals surface area contributed by atoms with Crippen molar-refractivity contribution in [1.82, 2.24) is 10.3 Å². The van der Waals surface area contributed by atoms with Crippen LogP contribution in [0.4, 0.5) is 0 Å². The molecule has 2 rings (SSSR count). The van der Waals surface area contributed by atoms with E-state index in [9.17, 15) is 0 Å². The number of hydrogen-bond donors (Lipinski definition) is 1. The number of pyridine rings is 1. The summed E-state index contributed by atoms with van der Waals surface area (Å²) < 4.78 is 5.69. The van der Waals surface area contributed by atoms with E-state index in [2.05, 4.69) is 29.1 Å². The summed E-state index contributed by atoms with van der Waals surface area (Å²) in [5.74, 6) is 7.10. The topological polar surface area (TPSA) is 34.1 Å². The SMILES string of the molecule is CCCCC#Cc1cncc(OC[C@@H]2CCN2)c1.Cl.Cl. The zero-order valence-electron chi connectivity index (χ0n) is 11.7. The molecular weight excluding hydrogens is 295 g/mol. The molecule has 1 aliphatic rings. The normalized spacial score (nSPS) is 15.8. The smallest absolute Gasteiger partial charge is 0.138 e. The number of aromatic nitrogens is 1. The van der Waals surface area contributed by atoms with Crippen molar-refractivity contribution >= 4 is 24.8 Å². The summed E-state index contributed by atoms with van der Waals surface area (Å²) in [6, 6.07) is 2.47. The Morgan fingerprint density at radius 2 is 2.20 bits per heavy atom. The molecule has 1 atom stereocenters. The third-order valence-corrected chi connectivity index (χ3v) is 2.98. The summed E-state index contributed by atoms with van der Waals surface area (Å²) in [4.78, 5) is 4.16. The number of hydrogen-bond acceptors (Lipinski definition) is 3. The molecule has 0 saturated carbocycles. The fourth-order valence-electron chi connectivity index (χ4n) is 1.68. The molecule has 0 aromatic carbocycles. The lowest BCUT2D eigenvalue weighted by molar-refractivity contribution is 0.217. The lowest BCUT2D eigenvalue weighted by Crippen LogP contribution is -2.46. The third-order valence-electron chi connectivity index (χ3n) is 2.98. The monoisotopic (exact) mass is 316 g/mol. The Balaban J connectivity index is 0.00000180. The predicted octanol–water partition coefficient (Wildman–Crippen LogP) is 3.21. The van der Waals surface area contributed by atoms with Gasteiger partial charge in [-0.15, -0.1) is 24.8 Å². The van der Waals surface area contributed by atoms with E-state index in [0.717, 1.165) is 30.7 Å². The van der Waals surface area contributed by atoms with Gasteiger partial charge in [0.25, 0.3) is 0 Å². The molecular formula is C15H22Cl2N2O. The van der Waals surface area contributed by atoms with Crippen LogP contribution < -0.4 is 10.1 Å². The number of halogens is 2. The van der Waals surface area contributed by atoms with Crippen molar-refractivity contribution in [3.05, 3.63) is 24.0 Å². The first-order valence-electron chi connectivity index (χ1n) is 6.68. The van der Waals surface area contributed by atoms with E-state index in [1.165, 1.54) is 12.8 Å². The molecule has 1 aliphatic heterocycles. The zero-order valence-corrected chi connectivity index (χ0v) is 13.4. The Morgan fingerprint density at radius 1 is 1.40 bits per heavy atom. The van der Waals surface area contributed by atoms with Gasteiger partial charge in [-0.05, 0) is 25.5 Å². The van der Waals surface area contributed by atoms with Crippen molar-refractivity contribution in [3.63, 3.8) is 0 Å². The molecule has 1 N–H and O–H groups in total. The molecule has 112 valence electrons. The van der Waals surface area contributed by atoms with Gasteiger partial charge in [0.15, 0.2) is 0 Å². The molecule has 20 heavy (non-hydrogen) atoms. The van der Waals surface area contributed by atoms with E-state index < -0.39 is 0 Å². The second kappa shape index (κ2) is 10.8. The highest BCUT2D eigenvalue weighted by Crippen LogP contribution is 2.12. The van der Waals surface area contributed by atoms with Gasteiger partial charge < -0.3 is 10.1 Å². The van der Waals surface area contributed by atoms with Gasteiger partial charge in [-0.2, -0.15) is 0 Å². The van der Waals surface area contributed by atoms with Crippen molar-refractivity contribution < 1.29 is 4.74 Å². The molecule has 0 bridgehead atoms. The molecule has 0 amide bonds. The fourth-order valence-corrected chi connectivity index (χ4v) is 1.68. The van der Waals surface area contributed by atoms with Crippen molar-refractivity contribution in [2.45, 2.75) is 38.6 Å². The Kier molecular flexibility index (Phi) is 10.3. The molecule has 1 aromatic rings. The third kappa shape index (κ3) is 6.47. The number of unbranched alkanes of at least 4 members (excludes halogenated alkanes) is 2. The molecule has 0 unspecified atom stereocenters. The summed E-state index contributed by atoms with van der Waals surface area (Å²) in [6.07, 6.45) is 8.02. The Labute approximate surface area is 133 Å². The molecule has 1 saturated heterocycles. The zero-order chi connectivity index (χ0) is 12.6. The van der Waals surface area contributed by atoms with Gasteiger partial charge in [0.1, 0.15) is 12.4 Å². The van der Waals surface area contributed by atoms with Gasteiger partial charge in [0.2, 0.25) is 0 Å². The van der Waals surface area contributed by atoms with Crippen LogP contribution in [-0.2, 0) is 0 Å². The lowest BCUT2D eigenvalue weighted by atomic mass is 10.1. The molecule has 0 spiro atoms. The molecule has 2 heterocycles. The van der Waals surface area contributed by atoms with E-state index in [1.54, 1.807) is 12.4 Å². The number of nitrogens with one attached hydrogen (secondary N) is 1. The Morgan fingerprint density at radius 3 is 2.85 bits per heavy atom. The molecule has 1 aromatic heterocycles. The maximum Gasteiger partial charge on any atom is 0.138 e. The molecule has 5 heteroatoms. The van der Waals surface area contributed by atoms with Crippen molar-refractivity contribution in [2.24, 2.45) is 0 Å². The van der Waals surface area contributed by atoms with Crippen LogP contribution in [0.15, 0.2) is 18.5 Å². The molecule has 3 nitrogen and oxygen atoms in total. The molecule has 1 fully saturated rings. The average molecular weight is 317 g/mol. The maximum atomic E-state index is 5.69. The van der Waals surface area contributed by atoms with Crippen molar-refractivity contribution in [1.29, 1.82) is 0 Å². The van der Waals surface area contributed by atoms with Crippen LogP contribution in [0.1, 0.15) is 38.2 Å². The second-order valence-electron chi connectivity index (χ2n) is 4.57. The standard InChI is InChI=1S/C15H20N2O.2ClH/c1-2-3-4-5-6-13-9-15(11-16-10-13)18-12-14-7-8-17-14;;/h9-11,14,17H,2-4,7-8,12H2,1H3;2*1H/t14-;;/m0../s1. The summed E-state index contributed by atoms with van der Waals surface area (Å²) >= 11 is 0. The minimum absolute atomic E-state index is 0. The van der Waals surface area contributed by atoms with Crippen molar-refractivity contribution in [2.75, 3.05) is 13.2 Å². The summed E-state index contributed by atoms with van der Waals surface area (Å²) in [7, 11) is 0. The van der Waals surface area contributed by atoms with Crippen LogP contribution in [0.5, 0.6) is 5.75 Å². The Bertz CT molecular complexity index is 439. The van der Waals surface area contributed by atoms with Crippen LogP contribution in [0, 0.1) is 11.8 Å². The first kappa shape index (κ1) is 19.1. The number of nitrogens with zero attached hydrogens (tertiary/aromatic N) is 1. The van der Waals surface area contributed by atoms with Crippen LogP contribution in [0.3, 0.4) is 0 Å². The van der Waals surface area contributed by atoms with Crippen LogP contribution in [0.25, 0.3) is 0 Å². The van der Waals surface area contributed by atoms with Gasteiger partial charge in [-0.1, -0.05) is 25.2 Å². The largest absolute Gasteiger partial charge is 0.490 e. The second-order valence-corrected chi connectivity index (χ2v) is 4.57. The Hall–Kier alpha value is -0.950. The van der Waals surface area contributed by atoms with Gasteiger partial charge in [-0.3, -0.25) is 4.98 Å². The van der Waals surface area contributed by atoms with Gasteiger partial charge in [-0.25, -0.2) is 0 Å². The van der Waals surface area contributed by atoms with E-state index in [1.807, 2.05) is 6.07 Å². The van der Waals surface area contributed by atoms with Gasteiger partial charge in [0.05, 0.1) is 6.20 Å². The highest BCUT2D eigenvalue weighted by molar-refractivity contribution is 5.85. The first-order valence-corrected chi connectivity index (χ1v) is 6.68. The minimum atomic E-state index is 0. The number of rotatable bonds is 5. The maximum absolute atomic E-state index is 5.69. The van der Waals surface area contributed by atoms with Crippen LogP contribution in [-0.4, -0.2) is 24.2 Å².